The number of sulfonamides is 1. The minimum Gasteiger partial charge on any atom is -0.383 e. The molecule has 2 rings (SSSR count). The predicted octanol–water partition coefficient (Wildman–Crippen LogP) is -0.826. The van der Waals surface area contributed by atoms with Gasteiger partial charge < -0.3 is 11.1 Å². The molecule has 1 aromatic rings. The normalized spacial score (nSPS) is 18.1. The first-order valence-corrected chi connectivity index (χ1v) is 6.93. The van der Waals surface area contributed by atoms with Gasteiger partial charge in [0.2, 0.25) is 15.9 Å². The van der Waals surface area contributed by atoms with E-state index in [1.807, 2.05) is 0 Å². The van der Waals surface area contributed by atoms with Crippen LogP contribution in [0, 0.1) is 0 Å². The number of anilines is 1. The molecule has 1 aromatic heterocycles. The van der Waals surface area contributed by atoms with E-state index in [1.165, 1.54) is 18.3 Å². The number of nitrogen functional groups attached to an aromatic ring is 1. The second-order valence-electron chi connectivity index (χ2n) is 3.93. The quantitative estimate of drug-likeness (QED) is 0.730. The van der Waals surface area contributed by atoms with Gasteiger partial charge in [0.05, 0.1) is 6.54 Å². The van der Waals surface area contributed by atoms with Gasteiger partial charge in [0.15, 0.2) is 0 Å². The lowest BCUT2D eigenvalue weighted by atomic mass is 10.4. The molecule has 0 bridgehead atoms. The Morgan fingerprint density at radius 1 is 1.44 bits per heavy atom. The molecular weight excluding hydrogens is 256 g/mol. The highest BCUT2D eigenvalue weighted by Gasteiger charge is 2.29. The molecule has 0 unspecified atom stereocenters. The fourth-order valence-corrected chi connectivity index (χ4v) is 3.25. The fourth-order valence-electron chi connectivity index (χ4n) is 1.74. The van der Waals surface area contributed by atoms with Crippen LogP contribution in [0.25, 0.3) is 0 Å². The van der Waals surface area contributed by atoms with Crippen LogP contribution < -0.4 is 11.1 Å². The van der Waals surface area contributed by atoms with Gasteiger partial charge in [0.25, 0.3) is 0 Å². The molecule has 1 fully saturated rings. The Balaban J connectivity index is 2.36. The summed E-state index contributed by atoms with van der Waals surface area (Å²) in [4.78, 5) is 15.1. The van der Waals surface area contributed by atoms with E-state index in [1.54, 1.807) is 0 Å². The Bertz CT molecular complexity index is 558. The summed E-state index contributed by atoms with van der Waals surface area (Å²) in [6.07, 6.45) is 1.99. The first-order valence-electron chi connectivity index (χ1n) is 5.49. The number of carbonyl (C=O) groups excluding carboxylic acids is 1. The molecule has 0 aliphatic carbocycles. The van der Waals surface area contributed by atoms with E-state index in [4.69, 9.17) is 5.73 Å². The van der Waals surface area contributed by atoms with Crippen molar-refractivity contribution in [3.05, 3.63) is 18.3 Å². The average Bonchev–Trinajstić information content (AvgIpc) is 2.54. The maximum Gasteiger partial charge on any atom is 0.247 e. The van der Waals surface area contributed by atoms with E-state index in [2.05, 4.69) is 10.3 Å². The Hall–Kier alpha value is -1.67. The Morgan fingerprint density at radius 3 is 2.94 bits per heavy atom. The third kappa shape index (κ3) is 2.44. The van der Waals surface area contributed by atoms with E-state index in [9.17, 15) is 13.2 Å². The van der Waals surface area contributed by atoms with Crippen LogP contribution in [-0.4, -0.2) is 43.2 Å². The maximum atomic E-state index is 12.3. The highest BCUT2D eigenvalue weighted by Crippen LogP contribution is 2.20. The number of hydrogen-bond acceptors (Lipinski definition) is 5. The molecule has 2 heterocycles. The van der Waals surface area contributed by atoms with Crippen LogP contribution in [0.1, 0.15) is 6.42 Å². The van der Waals surface area contributed by atoms with Gasteiger partial charge in [0.1, 0.15) is 10.7 Å². The summed E-state index contributed by atoms with van der Waals surface area (Å²) in [5.74, 6) is -0.360. The minimum atomic E-state index is -3.76. The van der Waals surface area contributed by atoms with E-state index in [-0.39, 0.29) is 29.7 Å². The van der Waals surface area contributed by atoms with Gasteiger partial charge in [-0.15, -0.1) is 0 Å². The van der Waals surface area contributed by atoms with Crippen molar-refractivity contribution >= 4 is 21.7 Å². The molecule has 1 aliphatic heterocycles. The summed E-state index contributed by atoms with van der Waals surface area (Å²) in [6, 6.07) is 2.89. The summed E-state index contributed by atoms with van der Waals surface area (Å²) in [5, 5.41) is 2.62. The molecule has 1 aliphatic rings. The second kappa shape index (κ2) is 4.91. The number of pyridine rings is 1. The summed E-state index contributed by atoms with van der Waals surface area (Å²) >= 11 is 0. The van der Waals surface area contributed by atoms with Crippen molar-refractivity contribution in [2.24, 2.45) is 0 Å². The van der Waals surface area contributed by atoms with Crippen molar-refractivity contribution in [3.8, 4) is 0 Å². The smallest absolute Gasteiger partial charge is 0.247 e. The summed E-state index contributed by atoms with van der Waals surface area (Å²) < 4.78 is 25.8. The molecule has 1 amide bonds. The number of carbonyl (C=O) groups is 1. The number of rotatable bonds is 2. The predicted molar refractivity (Wildman–Crippen MR) is 65.0 cm³/mol. The Kier molecular flexibility index (Phi) is 3.48. The average molecular weight is 270 g/mol. The molecule has 3 N–H and O–H groups in total. The number of amides is 1. The SMILES string of the molecule is Nc1ncccc1S(=O)(=O)N1CCCNC(=O)C1. The van der Waals surface area contributed by atoms with E-state index < -0.39 is 10.0 Å². The lowest BCUT2D eigenvalue weighted by Crippen LogP contribution is -2.37. The van der Waals surface area contributed by atoms with E-state index in [0.29, 0.717) is 13.0 Å². The zero-order chi connectivity index (χ0) is 13.2. The van der Waals surface area contributed by atoms with Crippen molar-refractivity contribution in [1.82, 2.24) is 14.6 Å². The standard InChI is InChI=1S/C10H14N4O3S/c11-10-8(3-1-4-13-10)18(16,17)14-6-2-5-12-9(15)7-14/h1,3-4H,2,5-7H2,(H2,11,13)(H,12,15). The highest BCUT2D eigenvalue weighted by molar-refractivity contribution is 7.89. The van der Waals surface area contributed by atoms with E-state index >= 15 is 0 Å². The van der Waals surface area contributed by atoms with Crippen molar-refractivity contribution in [2.75, 3.05) is 25.4 Å². The minimum absolute atomic E-state index is 0.0536. The Labute approximate surface area is 105 Å². The largest absolute Gasteiger partial charge is 0.383 e. The van der Waals surface area contributed by atoms with Gasteiger partial charge in [-0.25, -0.2) is 13.4 Å². The molecule has 0 atom stereocenters. The molecular formula is C10H14N4O3S. The van der Waals surface area contributed by atoms with Crippen molar-refractivity contribution < 1.29 is 13.2 Å². The van der Waals surface area contributed by atoms with Gasteiger partial charge in [-0.3, -0.25) is 4.79 Å². The summed E-state index contributed by atoms with van der Waals surface area (Å²) in [5.41, 5.74) is 5.57. The molecule has 0 aromatic carbocycles. The van der Waals surface area contributed by atoms with Crippen LogP contribution in [0.15, 0.2) is 23.2 Å². The first kappa shape index (κ1) is 12.8. The van der Waals surface area contributed by atoms with Crippen molar-refractivity contribution in [1.29, 1.82) is 0 Å². The van der Waals surface area contributed by atoms with Crippen LogP contribution in [0.3, 0.4) is 0 Å². The van der Waals surface area contributed by atoms with Crippen molar-refractivity contribution in [2.45, 2.75) is 11.3 Å². The summed E-state index contributed by atoms with van der Waals surface area (Å²) in [6.45, 7) is 0.583. The topological polar surface area (TPSA) is 105 Å². The molecule has 98 valence electrons. The van der Waals surface area contributed by atoms with Gasteiger partial charge in [-0.05, 0) is 18.6 Å². The third-order valence-corrected chi connectivity index (χ3v) is 4.54. The van der Waals surface area contributed by atoms with Gasteiger partial charge in [-0.2, -0.15) is 4.31 Å². The molecule has 7 nitrogen and oxygen atoms in total. The van der Waals surface area contributed by atoms with Gasteiger partial charge in [-0.1, -0.05) is 0 Å². The van der Waals surface area contributed by atoms with Crippen LogP contribution in [-0.2, 0) is 14.8 Å². The van der Waals surface area contributed by atoms with Crippen LogP contribution in [0.4, 0.5) is 5.82 Å². The van der Waals surface area contributed by atoms with Crippen molar-refractivity contribution in [3.63, 3.8) is 0 Å². The Morgan fingerprint density at radius 2 is 2.22 bits per heavy atom. The number of nitrogens with zero attached hydrogens (tertiary/aromatic N) is 2. The zero-order valence-electron chi connectivity index (χ0n) is 9.67. The number of hydrogen-bond donors (Lipinski definition) is 2. The monoisotopic (exact) mass is 270 g/mol. The zero-order valence-corrected chi connectivity index (χ0v) is 10.5. The highest BCUT2D eigenvalue weighted by atomic mass is 32.2. The van der Waals surface area contributed by atoms with Crippen LogP contribution in [0.2, 0.25) is 0 Å². The molecule has 0 radical (unpaired) electrons. The lowest BCUT2D eigenvalue weighted by molar-refractivity contribution is -0.120. The number of aromatic nitrogens is 1. The number of nitrogens with one attached hydrogen (secondary N) is 1. The van der Waals surface area contributed by atoms with Gasteiger partial charge in [0, 0.05) is 19.3 Å². The fraction of sp³-hybridized carbons (Fsp3) is 0.400. The lowest BCUT2D eigenvalue weighted by Gasteiger charge is -2.19. The molecule has 8 heteroatoms. The second-order valence-corrected chi connectivity index (χ2v) is 5.84. The first-order chi connectivity index (χ1) is 8.51. The molecule has 1 saturated heterocycles. The third-order valence-electron chi connectivity index (χ3n) is 2.64. The van der Waals surface area contributed by atoms with Gasteiger partial charge >= 0.3 is 0 Å². The van der Waals surface area contributed by atoms with Crippen LogP contribution in [0.5, 0.6) is 0 Å². The van der Waals surface area contributed by atoms with E-state index in [0.717, 1.165) is 4.31 Å². The molecule has 0 saturated carbocycles. The molecule has 18 heavy (non-hydrogen) atoms. The maximum absolute atomic E-state index is 12.3. The number of nitrogens with two attached hydrogens (primary N) is 1. The summed E-state index contributed by atoms with van der Waals surface area (Å²) in [7, 11) is -3.76. The molecule has 0 spiro atoms. The van der Waals surface area contributed by atoms with Crippen LogP contribution >= 0.6 is 0 Å².